The fourth-order valence-corrected chi connectivity index (χ4v) is 6.13. The number of carbonyl (C=O) groups is 2. The smallest absolute Gasteiger partial charge is 0.462 e. The first-order valence-electron chi connectivity index (χ1n) is 22.4. The van der Waals surface area contributed by atoms with Crippen LogP contribution in [-0.2, 0) is 32.7 Å². The summed E-state index contributed by atoms with van der Waals surface area (Å²) in [4.78, 5) is 35.3. The first kappa shape index (κ1) is 56.1. The molecule has 0 aliphatic rings. The van der Waals surface area contributed by atoms with Crippen molar-refractivity contribution in [3.8, 4) is 0 Å². The van der Waals surface area contributed by atoms with E-state index < -0.39 is 32.5 Å². The summed E-state index contributed by atoms with van der Waals surface area (Å²) in [7, 11) is 1.38. The molecule has 10 nitrogen and oxygen atoms in total. The molecule has 0 fully saturated rings. The lowest BCUT2D eigenvalue weighted by atomic mass is 10.1. The molecule has 338 valence electrons. The number of hydrogen-bond donors (Lipinski definition) is 2. The van der Waals surface area contributed by atoms with Crippen molar-refractivity contribution in [2.24, 2.45) is 0 Å². The van der Waals surface area contributed by atoms with E-state index >= 15 is 0 Å². The Morgan fingerprint density at radius 1 is 0.593 bits per heavy atom. The number of esters is 2. The molecule has 0 aliphatic carbocycles. The Morgan fingerprint density at radius 3 is 1.61 bits per heavy atom. The van der Waals surface area contributed by atoms with Crippen molar-refractivity contribution in [3.63, 3.8) is 0 Å². The third-order valence-corrected chi connectivity index (χ3v) is 9.95. The van der Waals surface area contributed by atoms with Gasteiger partial charge in [0.2, 0.25) is 0 Å². The molecule has 59 heavy (non-hydrogen) atoms. The number of rotatable bonds is 39. The lowest BCUT2D eigenvalue weighted by Gasteiger charge is -2.24. The van der Waals surface area contributed by atoms with Gasteiger partial charge < -0.3 is 24.0 Å². The normalized spacial score (nSPS) is 14.9. The highest BCUT2D eigenvalue weighted by Gasteiger charge is 2.27. The molecule has 1 unspecified atom stereocenters. The quantitative estimate of drug-likeness (QED) is 0.0204. The largest absolute Gasteiger partial charge is 0.472 e. The third-order valence-electron chi connectivity index (χ3n) is 8.97. The number of nitrogens with zero attached hydrogens (tertiary/aromatic N) is 1. The van der Waals surface area contributed by atoms with Gasteiger partial charge in [-0.25, -0.2) is 4.57 Å². The monoisotopic (exact) mass is 849 g/mol. The molecule has 0 aromatic carbocycles. The summed E-state index contributed by atoms with van der Waals surface area (Å²) in [6, 6.07) is 0. The van der Waals surface area contributed by atoms with Crippen LogP contribution in [0.4, 0.5) is 0 Å². The summed E-state index contributed by atoms with van der Waals surface area (Å²) < 4.78 is 34.1. The predicted molar refractivity (Wildman–Crippen MR) is 244 cm³/mol. The maximum absolute atomic E-state index is 12.7. The zero-order chi connectivity index (χ0) is 43.7. The van der Waals surface area contributed by atoms with Crippen LogP contribution in [0.25, 0.3) is 0 Å². The Labute approximate surface area is 359 Å². The van der Waals surface area contributed by atoms with Crippen LogP contribution in [-0.4, -0.2) is 86.1 Å². The number of unbranched alkanes of at least 4 members (excludes halogenated alkanes) is 9. The van der Waals surface area contributed by atoms with Crippen molar-refractivity contribution in [2.75, 3.05) is 47.5 Å². The molecule has 0 saturated heterocycles. The minimum absolute atomic E-state index is 0.00284. The summed E-state index contributed by atoms with van der Waals surface area (Å²) in [5.41, 5.74) is 0. The predicted octanol–water partition coefficient (Wildman–Crippen LogP) is 11.8. The van der Waals surface area contributed by atoms with Gasteiger partial charge in [-0.15, -0.1) is 0 Å². The Morgan fingerprint density at radius 2 is 1.07 bits per heavy atom. The van der Waals surface area contributed by atoms with E-state index in [1.54, 1.807) is 0 Å². The van der Waals surface area contributed by atoms with Crippen molar-refractivity contribution in [1.82, 2.24) is 0 Å². The highest BCUT2D eigenvalue weighted by Crippen LogP contribution is 2.43. The van der Waals surface area contributed by atoms with Crippen LogP contribution in [0.1, 0.15) is 149 Å². The molecule has 0 saturated carbocycles. The van der Waals surface area contributed by atoms with Crippen molar-refractivity contribution in [3.05, 3.63) is 85.1 Å². The second-order valence-electron chi connectivity index (χ2n) is 15.9. The molecule has 0 rings (SSSR count). The van der Waals surface area contributed by atoms with E-state index in [-0.39, 0.29) is 32.2 Å². The van der Waals surface area contributed by atoms with E-state index in [4.69, 9.17) is 18.5 Å². The number of likely N-dealkylation sites (N-methyl/N-ethyl adjacent to an activating group) is 1. The van der Waals surface area contributed by atoms with Crippen molar-refractivity contribution in [2.45, 2.75) is 161 Å². The molecule has 0 radical (unpaired) electrons. The van der Waals surface area contributed by atoms with Crippen LogP contribution in [0.5, 0.6) is 0 Å². The van der Waals surface area contributed by atoms with E-state index in [1.807, 2.05) is 45.4 Å². The Kier molecular flexibility index (Phi) is 37.4. The molecule has 0 amide bonds. The number of ether oxygens (including phenoxy) is 2. The van der Waals surface area contributed by atoms with Gasteiger partial charge in [-0.1, -0.05) is 144 Å². The molecule has 2 N–H and O–H groups in total. The van der Waals surface area contributed by atoms with Crippen LogP contribution < -0.4 is 0 Å². The number of carbonyl (C=O) groups excluding carboxylic acids is 2. The summed E-state index contributed by atoms with van der Waals surface area (Å²) >= 11 is 0. The average Bonchev–Trinajstić information content (AvgIpc) is 3.18. The van der Waals surface area contributed by atoms with Gasteiger partial charge in [0.05, 0.1) is 33.9 Å². The zero-order valence-corrected chi connectivity index (χ0v) is 38.5. The summed E-state index contributed by atoms with van der Waals surface area (Å²) in [6.07, 6.45) is 47.0. The van der Waals surface area contributed by atoms with Crippen LogP contribution in [0, 0.1) is 0 Å². The van der Waals surface area contributed by atoms with Gasteiger partial charge in [-0.05, 0) is 77.0 Å². The molecule has 11 heteroatoms. The Bertz CT molecular complexity index is 1300. The average molecular weight is 849 g/mol. The topological polar surface area (TPSA) is 129 Å². The zero-order valence-electron chi connectivity index (χ0n) is 37.6. The summed E-state index contributed by atoms with van der Waals surface area (Å²) in [5, 5.41) is 9.82. The van der Waals surface area contributed by atoms with E-state index in [2.05, 4.69) is 74.6 Å². The van der Waals surface area contributed by atoms with Gasteiger partial charge in [-0.2, -0.15) is 0 Å². The van der Waals surface area contributed by atoms with E-state index in [9.17, 15) is 24.2 Å². The van der Waals surface area contributed by atoms with Crippen molar-refractivity contribution in [1.29, 1.82) is 0 Å². The fourth-order valence-electron chi connectivity index (χ4n) is 5.39. The maximum atomic E-state index is 12.7. The third kappa shape index (κ3) is 43.1. The molecule has 0 aromatic rings. The van der Waals surface area contributed by atoms with Crippen LogP contribution >= 0.6 is 7.82 Å². The molecular formula is C48H83NO9P+. The number of allylic oxidation sites excluding steroid dienone is 13. The second-order valence-corrected chi connectivity index (χ2v) is 17.3. The van der Waals surface area contributed by atoms with Gasteiger partial charge in [0.15, 0.2) is 6.10 Å². The minimum atomic E-state index is -4.42. The number of quaternary nitrogens is 1. The fraction of sp³-hybridized carbons (Fsp3) is 0.667. The molecule has 0 aromatic heterocycles. The van der Waals surface area contributed by atoms with Crippen molar-refractivity contribution < 1.29 is 47.2 Å². The number of aliphatic hydroxyl groups is 1. The number of phosphoric ester groups is 1. The second kappa shape index (κ2) is 39.3. The first-order chi connectivity index (χ1) is 28.4. The van der Waals surface area contributed by atoms with Gasteiger partial charge >= 0.3 is 19.8 Å². The van der Waals surface area contributed by atoms with Crippen LogP contribution in [0.2, 0.25) is 0 Å². The van der Waals surface area contributed by atoms with Crippen molar-refractivity contribution >= 4 is 19.8 Å². The summed E-state index contributed by atoms with van der Waals surface area (Å²) in [5.74, 6) is -0.957. The van der Waals surface area contributed by atoms with Gasteiger partial charge in [0.1, 0.15) is 19.8 Å². The SMILES string of the molecule is CCCCCCCC/C=C\C/C=C\C/C=C\CCCC(=O)O[C@H](COC(=O)CCC/C=C\C/C=C\C/C=C\C/C=C\[C@@H](O)CCCC)COP(=O)(O)OCC[N+](C)(C)C. The number of phosphoric acid groups is 1. The standard InChI is InChI=1S/C48H82NO9P/c1-6-8-10-11-12-13-14-15-16-17-18-19-24-27-30-33-36-40-48(52)58-46(44-57-59(53,54)56-42-41-49(3,4)5)43-55-47(51)39-35-32-29-26-23-21-20-22-25-28-31-34-38-45(50)37-9-7-2/h15-16,18-21,25-30,34,38,45-46,50H,6-14,17,22-24,31-33,35-37,39-44H2,1-5H3/p+1/b16-15-,19-18-,21-20-,28-25-,29-26-,30-27-,38-34-/t45-,46+/m0/s1. The highest BCUT2D eigenvalue weighted by molar-refractivity contribution is 7.47. The van der Waals surface area contributed by atoms with Gasteiger partial charge in [0.25, 0.3) is 0 Å². The lowest BCUT2D eigenvalue weighted by molar-refractivity contribution is -0.870. The lowest BCUT2D eigenvalue weighted by Crippen LogP contribution is -2.37. The molecule has 3 atom stereocenters. The summed E-state index contributed by atoms with van der Waals surface area (Å²) in [6.45, 7) is 4.10. The van der Waals surface area contributed by atoms with E-state index in [1.165, 1.54) is 38.5 Å². The molecule has 0 heterocycles. The Balaban J connectivity index is 4.57. The molecule has 0 aliphatic heterocycles. The van der Waals surface area contributed by atoms with E-state index in [0.29, 0.717) is 36.7 Å². The minimum Gasteiger partial charge on any atom is -0.462 e. The number of aliphatic hydroxyl groups excluding tert-OH is 1. The highest BCUT2D eigenvalue weighted by atomic mass is 31.2. The van der Waals surface area contributed by atoms with Gasteiger partial charge in [0, 0.05) is 12.8 Å². The maximum Gasteiger partial charge on any atom is 0.472 e. The Hall–Kier alpha value is -2.85. The number of hydrogen-bond acceptors (Lipinski definition) is 8. The first-order valence-corrected chi connectivity index (χ1v) is 23.9. The van der Waals surface area contributed by atoms with Gasteiger partial charge in [-0.3, -0.25) is 18.6 Å². The van der Waals surface area contributed by atoms with Crippen LogP contribution in [0.3, 0.4) is 0 Å². The molecular weight excluding hydrogens is 766 g/mol. The van der Waals surface area contributed by atoms with E-state index in [0.717, 1.165) is 57.8 Å². The van der Waals surface area contributed by atoms with Crippen LogP contribution in [0.15, 0.2) is 85.1 Å². The molecule has 0 spiro atoms. The molecule has 0 bridgehead atoms.